The summed E-state index contributed by atoms with van der Waals surface area (Å²) in [6.45, 7) is 10.3. The third kappa shape index (κ3) is 15.0. The minimum absolute atomic E-state index is 1.38. The van der Waals surface area contributed by atoms with E-state index in [0.29, 0.717) is 0 Å². The Hall–Kier alpha value is 0.430. The van der Waals surface area contributed by atoms with E-state index in [2.05, 4.69) is 34.6 Å². The average molecular weight is 457 g/mol. The molecule has 0 aromatic heterocycles. The van der Waals surface area contributed by atoms with E-state index in [0.717, 1.165) is 0 Å². The van der Waals surface area contributed by atoms with Gasteiger partial charge in [-0.05, 0) is 0 Å². The molecule has 0 aliphatic carbocycles. The van der Waals surface area contributed by atoms with E-state index < -0.39 is 6.60 Å². The van der Waals surface area contributed by atoms with Crippen molar-refractivity contribution < 1.29 is 0 Å². The van der Waals surface area contributed by atoms with Crippen LogP contribution in [0.5, 0.6) is 0 Å². The van der Waals surface area contributed by atoms with Crippen molar-refractivity contribution in [2.75, 3.05) is 30.8 Å². The molecule has 0 spiro atoms. The van der Waals surface area contributed by atoms with Gasteiger partial charge >= 0.3 is 200 Å². The molecule has 0 aromatic carbocycles. The van der Waals surface area contributed by atoms with Crippen molar-refractivity contribution in [2.24, 2.45) is 0 Å². The van der Waals surface area contributed by atoms with Gasteiger partial charge in [-0.3, -0.25) is 0 Å². The van der Waals surface area contributed by atoms with E-state index in [4.69, 9.17) is 0 Å². The van der Waals surface area contributed by atoms with Crippen molar-refractivity contribution >= 4 is 6.60 Å². The maximum atomic E-state index is 2.38. The van der Waals surface area contributed by atoms with Gasteiger partial charge in [0.05, 0.1) is 0 Å². The Morgan fingerprint density at radius 1 is 0.258 bits per heavy atom. The second-order valence-electron chi connectivity index (χ2n) is 11.2. The maximum absolute atomic E-state index is 2.38. The molecular formula is C30H65P. The molecule has 0 N–H and O–H groups in total. The van der Waals surface area contributed by atoms with Crippen LogP contribution in [0.2, 0.25) is 0 Å². The molecule has 0 aromatic rings. The van der Waals surface area contributed by atoms with E-state index in [9.17, 15) is 0 Å². The molecule has 0 aliphatic heterocycles. The van der Waals surface area contributed by atoms with Crippen molar-refractivity contribution in [3.8, 4) is 0 Å². The van der Waals surface area contributed by atoms with Crippen molar-refractivity contribution in [1.82, 2.24) is 0 Å². The van der Waals surface area contributed by atoms with Gasteiger partial charge in [0.15, 0.2) is 0 Å². The molecule has 0 fully saturated rings. The zero-order chi connectivity index (χ0) is 23.1. The molecular weight excluding hydrogens is 391 g/mol. The Kier molecular flexibility index (Phi) is 21.3. The van der Waals surface area contributed by atoms with Crippen LogP contribution in [-0.2, 0) is 0 Å². The van der Waals surface area contributed by atoms with Crippen molar-refractivity contribution in [2.45, 2.75) is 163 Å². The second kappa shape index (κ2) is 21.0. The molecule has 0 radical (unpaired) electrons. The van der Waals surface area contributed by atoms with Crippen LogP contribution in [0.15, 0.2) is 0 Å². The number of rotatable bonds is 25. The fourth-order valence-electron chi connectivity index (χ4n) is 6.05. The summed E-state index contributed by atoms with van der Waals surface area (Å²) < 4.78 is 0. The predicted octanol–water partition coefficient (Wildman–Crippen LogP) is 11.4. The normalized spacial score (nSPS) is 13.4. The van der Waals surface area contributed by atoms with Crippen molar-refractivity contribution in [3.63, 3.8) is 0 Å². The Morgan fingerprint density at radius 2 is 0.452 bits per heavy atom. The van der Waals surface area contributed by atoms with Gasteiger partial charge < -0.3 is 0 Å². The summed E-state index contributed by atoms with van der Waals surface area (Å²) in [7, 11) is 0. The zero-order valence-corrected chi connectivity index (χ0v) is 24.0. The molecule has 190 valence electrons. The molecule has 1 heteroatoms. The first-order valence-corrected chi connectivity index (χ1v) is 18.3. The molecule has 0 aliphatic rings. The molecule has 0 saturated carbocycles. The molecule has 31 heavy (non-hydrogen) atoms. The number of unbranched alkanes of at least 4 members (excludes halogenated alkanes) is 15. The summed E-state index contributed by atoms with van der Waals surface area (Å²) in [5.41, 5.74) is 0. The van der Waals surface area contributed by atoms with Crippen LogP contribution in [0.1, 0.15) is 163 Å². The van der Waals surface area contributed by atoms with Crippen LogP contribution in [0.3, 0.4) is 0 Å². The van der Waals surface area contributed by atoms with E-state index in [1.54, 1.807) is 62.9 Å². The zero-order valence-electron chi connectivity index (χ0n) is 23.1. The first-order valence-electron chi connectivity index (χ1n) is 15.1. The average Bonchev–Trinajstić information content (AvgIpc) is 2.78. The van der Waals surface area contributed by atoms with Gasteiger partial charge in [-0.25, -0.2) is 0 Å². The van der Waals surface area contributed by atoms with Crippen LogP contribution in [-0.4, -0.2) is 30.8 Å². The minimum atomic E-state index is -1.60. The quantitative estimate of drug-likeness (QED) is 0.0946. The standard InChI is InChI=1S/C30H65P/c1-6-11-16-21-26-31(27-22-17-12-7-2,28-23-18-13-8-3,29-24-19-14-9-4)30-25-20-15-10-5/h6-30H2,1-5H3. The Bertz CT molecular complexity index is 274. The van der Waals surface area contributed by atoms with Crippen LogP contribution in [0.25, 0.3) is 0 Å². The van der Waals surface area contributed by atoms with Gasteiger partial charge in [0, 0.05) is 0 Å². The number of hydrogen-bond donors (Lipinski definition) is 0. The summed E-state index contributed by atoms with van der Waals surface area (Å²) in [6.07, 6.45) is 37.8. The molecule has 0 nitrogen and oxygen atoms in total. The Morgan fingerprint density at radius 3 is 0.613 bits per heavy atom. The summed E-state index contributed by atoms with van der Waals surface area (Å²) in [6, 6.07) is 0. The van der Waals surface area contributed by atoms with Gasteiger partial charge in [-0.15, -0.1) is 0 Å². The SMILES string of the molecule is CCCCCCP(CCCCCC)(CCCCCC)(CCCCCC)CCCCCC. The topological polar surface area (TPSA) is 0 Å². The van der Waals surface area contributed by atoms with Gasteiger partial charge in [0.2, 0.25) is 0 Å². The van der Waals surface area contributed by atoms with Crippen LogP contribution in [0.4, 0.5) is 0 Å². The molecule has 0 amide bonds. The Balaban J connectivity index is 5.60. The van der Waals surface area contributed by atoms with E-state index in [-0.39, 0.29) is 0 Å². The molecule has 0 atom stereocenters. The fourth-order valence-corrected chi connectivity index (χ4v) is 13.9. The van der Waals surface area contributed by atoms with Crippen molar-refractivity contribution in [1.29, 1.82) is 0 Å². The van der Waals surface area contributed by atoms with Crippen LogP contribution < -0.4 is 0 Å². The summed E-state index contributed by atoms with van der Waals surface area (Å²) >= 11 is 0. The van der Waals surface area contributed by atoms with E-state index in [1.807, 2.05) is 0 Å². The van der Waals surface area contributed by atoms with Gasteiger partial charge in [0.25, 0.3) is 0 Å². The molecule has 0 heterocycles. The monoisotopic (exact) mass is 456 g/mol. The third-order valence-electron chi connectivity index (χ3n) is 8.22. The van der Waals surface area contributed by atoms with E-state index in [1.165, 1.54) is 96.3 Å². The summed E-state index contributed by atoms with van der Waals surface area (Å²) in [5, 5.41) is 0. The fraction of sp³-hybridized carbons (Fsp3) is 1.00. The van der Waals surface area contributed by atoms with Gasteiger partial charge in [-0.1, -0.05) is 0 Å². The number of hydrogen-bond acceptors (Lipinski definition) is 0. The first-order chi connectivity index (χ1) is 15.1. The summed E-state index contributed by atoms with van der Waals surface area (Å²) in [4.78, 5) is 0. The van der Waals surface area contributed by atoms with E-state index >= 15 is 0 Å². The van der Waals surface area contributed by atoms with Crippen molar-refractivity contribution in [3.05, 3.63) is 0 Å². The molecule has 0 rings (SSSR count). The second-order valence-corrected chi connectivity index (χ2v) is 17.9. The molecule has 0 bridgehead atoms. The third-order valence-corrected chi connectivity index (χ3v) is 16.1. The predicted molar refractivity (Wildman–Crippen MR) is 152 cm³/mol. The Labute approximate surface area is 200 Å². The first kappa shape index (κ1) is 31.4. The molecule has 0 unspecified atom stereocenters. The summed E-state index contributed by atoms with van der Waals surface area (Å²) in [5.74, 6) is 0. The molecule has 0 saturated heterocycles. The van der Waals surface area contributed by atoms with Gasteiger partial charge in [-0.2, -0.15) is 0 Å². The van der Waals surface area contributed by atoms with Crippen LogP contribution >= 0.6 is 6.60 Å². The van der Waals surface area contributed by atoms with Gasteiger partial charge in [0.1, 0.15) is 0 Å². The van der Waals surface area contributed by atoms with Crippen LogP contribution in [0, 0.1) is 0 Å².